The predicted octanol–water partition coefficient (Wildman–Crippen LogP) is 0.183. The van der Waals surface area contributed by atoms with Gasteiger partial charge in [0.1, 0.15) is 0 Å². The summed E-state index contributed by atoms with van der Waals surface area (Å²) < 4.78 is 24.5. The molecule has 80 valence electrons. The van der Waals surface area contributed by atoms with Crippen LogP contribution in [-0.4, -0.2) is 38.1 Å². The van der Waals surface area contributed by atoms with E-state index >= 15 is 0 Å². The van der Waals surface area contributed by atoms with Crippen molar-refractivity contribution < 1.29 is 8.42 Å². The smallest absolute Gasteiger partial charge is 0.214 e. The highest BCUT2D eigenvalue weighted by molar-refractivity contribution is 7.89. The molecule has 1 heterocycles. The fourth-order valence-electron chi connectivity index (χ4n) is 1.36. The van der Waals surface area contributed by atoms with Crippen LogP contribution in [-0.2, 0) is 10.0 Å². The molecule has 1 aliphatic rings. The minimum absolute atomic E-state index is 0. The Hall–Kier alpha value is 0.160. The van der Waals surface area contributed by atoms with Gasteiger partial charge in [-0.2, -0.15) is 0 Å². The van der Waals surface area contributed by atoms with Crippen LogP contribution >= 0.6 is 12.4 Å². The van der Waals surface area contributed by atoms with E-state index in [1.807, 2.05) is 0 Å². The predicted molar refractivity (Wildman–Crippen MR) is 55.5 cm³/mol. The van der Waals surface area contributed by atoms with Gasteiger partial charge in [-0.05, 0) is 25.8 Å². The summed E-state index contributed by atoms with van der Waals surface area (Å²) in [5, 5.41) is 0. The second-order valence-electron chi connectivity index (χ2n) is 3.06. The highest BCUT2D eigenvalue weighted by Crippen LogP contribution is 2.13. The molecule has 0 aliphatic carbocycles. The second kappa shape index (κ2) is 5.80. The quantitative estimate of drug-likeness (QED) is 0.747. The first-order chi connectivity index (χ1) is 5.67. The molecule has 0 atom stereocenters. The van der Waals surface area contributed by atoms with Gasteiger partial charge in [0.05, 0.1) is 5.75 Å². The maximum Gasteiger partial charge on any atom is 0.214 e. The van der Waals surface area contributed by atoms with Crippen LogP contribution in [0.2, 0.25) is 0 Å². The third-order valence-electron chi connectivity index (χ3n) is 2.06. The summed E-state index contributed by atoms with van der Waals surface area (Å²) in [6.45, 7) is 1.85. The molecule has 13 heavy (non-hydrogen) atoms. The molecule has 6 heteroatoms. The fourth-order valence-corrected chi connectivity index (χ4v) is 2.97. The standard InChI is InChI=1S/C7H16N2O2S.ClH/c8-4-3-7-12(10,11)9-5-1-2-6-9;/h1-8H2;1H. The van der Waals surface area contributed by atoms with Crippen molar-refractivity contribution >= 4 is 22.4 Å². The topological polar surface area (TPSA) is 63.4 Å². The van der Waals surface area contributed by atoms with Gasteiger partial charge in [-0.15, -0.1) is 12.4 Å². The van der Waals surface area contributed by atoms with Crippen LogP contribution in [0.15, 0.2) is 0 Å². The zero-order valence-electron chi connectivity index (χ0n) is 7.61. The number of rotatable bonds is 4. The van der Waals surface area contributed by atoms with Gasteiger partial charge in [-0.25, -0.2) is 12.7 Å². The molecule has 2 N–H and O–H groups in total. The molecule has 0 aromatic rings. The second-order valence-corrected chi connectivity index (χ2v) is 5.15. The van der Waals surface area contributed by atoms with Gasteiger partial charge in [0, 0.05) is 13.1 Å². The fraction of sp³-hybridized carbons (Fsp3) is 1.00. The Labute approximate surface area is 85.9 Å². The Kier molecular flexibility index (Phi) is 5.87. The molecule has 4 nitrogen and oxygen atoms in total. The van der Waals surface area contributed by atoms with Crippen LogP contribution in [0, 0.1) is 0 Å². The van der Waals surface area contributed by atoms with E-state index in [2.05, 4.69) is 0 Å². The minimum atomic E-state index is -2.97. The average molecular weight is 229 g/mol. The molecule has 1 fully saturated rings. The van der Waals surface area contributed by atoms with E-state index in [-0.39, 0.29) is 18.2 Å². The van der Waals surface area contributed by atoms with Gasteiger partial charge in [0.15, 0.2) is 0 Å². The summed E-state index contributed by atoms with van der Waals surface area (Å²) in [4.78, 5) is 0. The summed E-state index contributed by atoms with van der Waals surface area (Å²) in [7, 11) is -2.97. The zero-order chi connectivity index (χ0) is 9.03. The van der Waals surface area contributed by atoms with Gasteiger partial charge >= 0.3 is 0 Å². The van der Waals surface area contributed by atoms with Gasteiger partial charge in [-0.1, -0.05) is 0 Å². The van der Waals surface area contributed by atoms with Crippen molar-refractivity contribution in [2.24, 2.45) is 5.73 Å². The van der Waals surface area contributed by atoms with Crippen LogP contribution in [0.5, 0.6) is 0 Å². The number of halogens is 1. The van der Waals surface area contributed by atoms with E-state index < -0.39 is 10.0 Å². The lowest BCUT2D eigenvalue weighted by molar-refractivity contribution is 0.476. The summed E-state index contributed by atoms with van der Waals surface area (Å²) in [5.41, 5.74) is 5.25. The Morgan fingerprint density at radius 1 is 1.23 bits per heavy atom. The van der Waals surface area contributed by atoms with Crippen LogP contribution < -0.4 is 5.73 Å². The summed E-state index contributed by atoms with van der Waals surface area (Å²) >= 11 is 0. The molecule has 0 saturated carbocycles. The van der Waals surface area contributed by atoms with Gasteiger partial charge in [-0.3, -0.25) is 0 Å². The van der Waals surface area contributed by atoms with Gasteiger partial charge < -0.3 is 5.73 Å². The van der Waals surface area contributed by atoms with E-state index in [1.54, 1.807) is 4.31 Å². The number of nitrogens with two attached hydrogens (primary N) is 1. The highest BCUT2D eigenvalue weighted by atomic mass is 35.5. The monoisotopic (exact) mass is 228 g/mol. The molecule has 1 rings (SSSR count). The molecule has 0 bridgehead atoms. The third kappa shape index (κ3) is 3.81. The van der Waals surface area contributed by atoms with Gasteiger partial charge in [0.25, 0.3) is 0 Å². The molecular formula is C7H17ClN2O2S. The molecule has 0 unspecified atom stereocenters. The van der Waals surface area contributed by atoms with Crippen LogP contribution in [0.3, 0.4) is 0 Å². The van der Waals surface area contributed by atoms with Crippen molar-refractivity contribution in [1.82, 2.24) is 4.31 Å². The molecular weight excluding hydrogens is 212 g/mol. The van der Waals surface area contributed by atoms with E-state index in [1.165, 1.54) is 0 Å². The third-order valence-corrected chi connectivity index (χ3v) is 4.02. The van der Waals surface area contributed by atoms with E-state index in [4.69, 9.17) is 5.73 Å². The minimum Gasteiger partial charge on any atom is -0.330 e. The molecule has 1 aliphatic heterocycles. The first-order valence-electron chi connectivity index (χ1n) is 4.35. The van der Waals surface area contributed by atoms with E-state index in [0.29, 0.717) is 26.1 Å². The van der Waals surface area contributed by atoms with Crippen molar-refractivity contribution in [2.75, 3.05) is 25.4 Å². The normalized spacial score (nSPS) is 18.5. The number of sulfonamides is 1. The SMILES string of the molecule is Cl.NCCCS(=O)(=O)N1CCCC1. The lowest BCUT2D eigenvalue weighted by Crippen LogP contribution is -2.30. The summed E-state index contributed by atoms with van der Waals surface area (Å²) in [6, 6.07) is 0. The van der Waals surface area contributed by atoms with Crippen LogP contribution in [0.1, 0.15) is 19.3 Å². The Morgan fingerprint density at radius 3 is 2.23 bits per heavy atom. The molecule has 0 aromatic heterocycles. The van der Waals surface area contributed by atoms with Crippen molar-refractivity contribution in [3.63, 3.8) is 0 Å². The molecule has 0 spiro atoms. The number of nitrogens with zero attached hydrogens (tertiary/aromatic N) is 1. The first-order valence-corrected chi connectivity index (χ1v) is 5.95. The maximum atomic E-state index is 11.5. The van der Waals surface area contributed by atoms with E-state index in [9.17, 15) is 8.42 Å². The van der Waals surface area contributed by atoms with E-state index in [0.717, 1.165) is 12.8 Å². The summed E-state index contributed by atoms with van der Waals surface area (Å²) in [5.74, 6) is 0.212. The largest absolute Gasteiger partial charge is 0.330 e. The molecule has 0 radical (unpaired) electrons. The number of hydrogen-bond acceptors (Lipinski definition) is 3. The van der Waals surface area contributed by atoms with Gasteiger partial charge in [0.2, 0.25) is 10.0 Å². The van der Waals surface area contributed by atoms with Crippen LogP contribution in [0.4, 0.5) is 0 Å². The molecule has 0 aromatic carbocycles. The summed E-state index contributed by atoms with van der Waals surface area (Å²) in [6.07, 6.45) is 2.57. The first kappa shape index (κ1) is 13.2. The van der Waals surface area contributed by atoms with Crippen molar-refractivity contribution in [2.45, 2.75) is 19.3 Å². The van der Waals surface area contributed by atoms with Crippen LogP contribution in [0.25, 0.3) is 0 Å². The maximum absolute atomic E-state index is 11.5. The Bertz CT molecular complexity index is 225. The molecule has 1 saturated heterocycles. The van der Waals surface area contributed by atoms with Crippen molar-refractivity contribution in [1.29, 1.82) is 0 Å². The number of hydrogen-bond donors (Lipinski definition) is 1. The zero-order valence-corrected chi connectivity index (χ0v) is 9.24. The Morgan fingerprint density at radius 2 is 1.77 bits per heavy atom. The lowest BCUT2D eigenvalue weighted by Gasteiger charge is -2.14. The lowest BCUT2D eigenvalue weighted by atomic mass is 10.4. The van der Waals surface area contributed by atoms with Crippen molar-refractivity contribution in [3.8, 4) is 0 Å². The molecule has 0 amide bonds. The highest BCUT2D eigenvalue weighted by Gasteiger charge is 2.23. The Balaban J connectivity index is 0.00000144. The average Bonchev–Trinajstić information content (AvgIpc) is 2.53. The van der Waals surface area contributed by atoms with Crippen molar-refractivity contribution in [3.05, 3.63) is 0 Å².